The molecule has 3 rings (SSSR count). The fourth-order valence-corrected chi connectivity index (χ4v) is 1.85. The maximum Gasteiger partial charge on any atom is 0.165 e. The molecule has 1 aliphatic carbocycles. The predicted molar refractivity (Wildman–Crippen MR) is 52.7 cm³/mol. The van der Waals surface area contributed by atoms with Crippen LogP contribution in [0.4, 0.5) is 4.39 Å². The molecule has 0 N–H and O–H groups in total. The zero-order chi connectivity index (χ0) is 10.6. The van der Waals surface area contributed by atoms with E-state index in [2.05, 4.69) is 15.2 Å². The molecule has 15 heavy (non-hydrogen) atoms. The summed E-state index contributed by atoms with van der Waals surface area (Å²) in [7, 11) is 0. The molecular formula is C9H8ClFN4. The molecule has 78 valence electrons. The van der Waals surface area contributed by atoms with Crippen LogP contribution in [-0.4, -0.2) is 25.8 Å². The van der Waals surface area contributed by atoms with Gasteiger partial charge in [0, 0.05) is 6.07 Å². The normalized spacial score (nSPS) is 29.7. The molecule has 2 heterocycles. The monoisotopic (exact) mass is 226 g/mol. The van der Waals surface area contributed by atoms with Gasteiger partial charge in [0.2, 0.25) is 0 Å². The van der Waals surface area contributed by atoms with E-state index < -0.39 is 11.6 Å². The second kappa shape index (κ2) is 2.66. The van der Waals surface area contributed by atoms with Gasteiger partial charge in [0.15, 0.2) is 5.65 Å². The molecule has 2 atom stereocenters. The fourth-order valence-electron chi connectivity index (χ4n) is 1.71. The molecule has 0 saturated heterocycles. The fraction of sp³-hybridized carbons (Fsp3) is 0.444. The number of hydrogen-bond donors (Lipinski definition) is 0. The van der Waals surface area contributed by atoms with Crippen LogP contribution in [0.2, 0.25) is 5.15 Å². The average Bonchev–Trinajstić information content (AvgIpc) is 2.62. The van der Waals surface area contributed by atoms with Crippen molar-refractivity contribution in [1.82, 2.24) is 19.6 Å². The summed E-state index contributed by atoms with van der Waals surface area (Å²) in [4.78, 5) is 3.93. The van der Waals surface area contributed by atoms with Crippen molar-refractivity contribution in [2.75, 3.05) is 0 Å². The van der Waals surface area contributed by atoms with Gasteiger partial charge in [-0.05, 0) is 13.3 Å². The first-order chi connectivity index (χ1) is 7.11. The lowest BCUT2D eigenvalue weighted by Gasteiger charge is -2.04. The van der Waals surface area contributed by atoms with Gasteiger partial charge in [-0.3, -0.25) is 4.40 Å². The Hall–Kier alpha value is -1.23. The summed E-state index contributed by atoms with van der Waals surface area (Å²) in [5.41, 5.74) is 0.0971. The minimum atomic E-state index is -0.833. The van der Waals surface area contributed by atoms with Crippen LogP contribution in [0.5, 0.6) is 0 Å². The number of hydrogen-bond acceptors (Lipinski definition) is 3. The minimum Gasteiger partial charge on any atom is -0.269 e. The first kappa shape index (κ1) is 9.03. The lowest BCUT2D eigenvalue weighted by Crippen LogP contribution is -2.10. The molecule has 0 spiro atoms. The lowest BCUT2D eigenvalue weighted by atomic mass is 10.1. The van der Waals surface area contributed by atoms with Gasteiger partial charge < -0.3 is 0 Å². The third kappa shape index (κ3) is 1.16. The molecule has 1 saturated carbocycles. The van der Waals surface area contributed by atoms with E-state index in [0.29, 0.717) is 23.0 Å². The molecule has 2 aromatic heterocycles. The van der Waals surface area contributed by atoms with E-state index in [1.165, 1.54) is 6.33 Å². The highest BCUT2D eigenvalue weighted by Gasteiger charge is 2.55. The van der Waals surface area contributed by atoms with Crippen molar-refractivity contribution in [3.05, 3.63) is 23.4 Å². The quantitative estimate of drug-likeness (QED) is 0.696. The van der Waals surface area contributed by atoms with Gasteiger partial charge >= 0.3 is 0 Å². The number of aromatic nitrogens is 4. The molecule has 2 aromatic rings. The van der Waals surface area contributed by atoms with Crippen LogP contribution in [-0.2, 0) is 5.41 Å². The predicted octanol–water partition coefficient (Wildman–Crippen LogP) is 1.78. The Morgan fingerprint density at radius 3 is 3.00 bits per heavy atom. The summed E-state index contributed by atoms with van der Waals surface area (Å²) < 4.78 is 14.9. The highest BCUT2D eigenvalue weighted by Crippen LogP contribution is 2.49. The SMILES string of the molecule is CC1(c2nnc3cc(Cl)ncn23)CC1F. The number of halogens is 2. The first-order valence-electron chi connectivity index (χ1n) is 4.62. The van der Waals surface area contributed by atoms with E-state index in [9.17, 15) is 4.39 Å². The van der Waals surface area contributed by atoms with Crippen LogP contribution >= 0.6 is 11.6 Å². The van der Waals surface area contributed by atoms with E-state index in [-0.39, 0.29) is 0 Å². The molecule has 0 amide bonds. The minimum absolute atomic E-state index is 0.360. The van der Waals surface area contributed by atoms with E-state index >= 15 is 0 Å². The lowest BCUT2D eigenvalue weighted by molar-refractivity contribution is 0.423. The Morgan fingerprint density at radius 2 is 2.33 bits per heavy atom. The molecule has 2 unspecified atom stereocenters. The number of rotatable bonds is 1. The van der Waals surface area contributed by atoms with Gasteiger partial charge in [0.05, 0.1) is 5.41 Å². The smallest absolute Gasteiger partial charge is 0.165 e. The summed E-state index contributed by atoms with van der Waals surface area (Å²) in [6, 6.07) is 1.61. The third-order valence-electron chi connectivity index (χ3n) is 2.91. The largest absolute Gasteiger partial charge is 0.269 e. The van der Waals surface area contributed by atoms with Gasteiger partial charge in [0.25, 0.3) is 0 Å². The summed E-state index contributed by atoms with van der Waals surface area (Å²) in [6.45, 7) is 1.84. The molecule has 1 aliphatic rings. The van der Waals surface area contributed by atoms with Gasteiger partial charge in [-0.25, -0.2) is 9.37 Å². The van der Waals surface area contributed by atoms with E-state index in [4.69, 9.17) is 11.6 Å². The second-order valence-electron chi connectivity index (χ2n) is 4.05. The Kier molecular flexibility index (Phi) is 1.60. The average molecular weight is 227 g/mol. The highest BCUT2D eigenvalue weighted by atomic mass is 35.5. The summed E-state index contributed by atoms with van der Waals surface area (Å²) in [6.07, 6.45) is 1.19. The van der Waals surface area contributed by atoms with Crippen molar-refractivity contribution in [2.45, 2.75) is 24.9 Å². The summed E-state index contributed by atoms with van der Waals surface area (Å²) >= 11 is 5.72. The standard InChI is InChI=1S/C9H8ClFN4/c1-9(3-5(9)11)8-14-13-7-2-6(10)12-4-15(7)8/h2,4-5H,3H2,1H3. The Bertz CT molecular complexity index is 540. The van der Waals surface area contributed by atoms with Crippen molar-refractivity contribution < 1.29 is 4.39 Å². The van der Waals surface area contributed by atoms with Crippen LogP contribution in [0.1, 0.15) is 19.2 Å². The van der Waals surface area contributed by atoms with E-state index in [1.807, 2.05) is 6.92 Å². The molecule has 0 radical (unpaired) electrons. The van der Waals surface area contributed by atoms with Crippen LogP contribution in [0.25, 0.3) is 5.65 Å². The summed E-state index contributed by atoms with van der Waals surface area (Å²) in [5, 5.41) is 8.30. The molecule has 0 bridgehead atoms. The Balaban J connectivity index is 2.21. The van der Waals surface area contributed by atoms with Gasteiger partial charge in [-0.1, -0.05) is 11.6 Å². The molecule has 6 heteroatoms. The zero-order valence-electron chi connectivity index (χ0n) is 7.98. The van der Waals surface area contributed by atoms with E-state index in [1.54, 1.807) is 10.5 Å². The topological polar surface area (TPSA) is 43.1 Å². The zero-order valence-corrected chi connectivity index (χ0v) is 8.74. The van der Waals surface area contributed by atoms with Crippen molar-refractivity contribution in [2.24, 2.45) is 0 Å². The maximum atomic E-state index is 13.2. The number of nitrogens with zero attached hydrogens (tertiary/aromatic N) is 4. The van der Waals surface area contributed by atoms with Crippen LogP contribution < -0.4 is 0 Å². The molecule has 4 nitrogen and oxygen atoms in total. The highest BCUT2D eigenvalue weighted by molar-refractivity contribution is 6.29. The van der Waals surface area contributed by atoms with Crippen LogP contribution in [0, 0.1) is 0 Å². The van der Waals surface area contributed by atoms with Gasteiger partial charge in [-0.2, -0.15) is 0 Å². The molecular weight excluding hydrogens is 219 g/mol. The van der Waals surface area contributed by atoms with E-state index in [0.717, 1.165) is 0 Å². The van der Waals surface area contributed by atoms with Crippen LogP contribution in [0.15, 0.2) is 12.4 Å². The van der Waals surface area contributed by atoms with Crippen molar-refractivity contribution >= 4 is 17.2 Å². The summed E-state index contributed by atoms with van der Waals surface area (Å²) in [5.74, 6) is 0.620. The Labute approximate surface area is 90.1 Å². The molecule has 0 aromatic carbocycles. The first-order valence-corrected chi connectivity index (χ1v) is 5.00. The van der Waals surface area contributed by atoms with Crippen LogP contribution in [0.3, 0.4) is 0 Å². The Morgan fingerprint density at radius 1 is 1.60 bits per heavy atom. The number of alkyl halides is 1. The maximum absolute atomic E-state index is 13.2. The molecule has 0 aliphatic heterocycles. The van der Waals surface area contributed by atoms with Gasteiger partial charge in [-0.15, -0.1) is 10.2 Å². The second-order valence-corrected chi connectivity index (χ2v) is 4.44. The van der Waals surface area contributed by atoms with Gasteiger partial charge in [0.1, 0.15) is 23.5 Å². The van der Waals surface area contributed by atoms with Crippen molar-refractivity contribution in [3.63, 3.8) is 0 Å². The van der Waals surface area contributed by atoms with Crippen molar-refractivity contribution in [1.29, 1.82) is 0 Å². The molecule has 1 fully saturated rings. The number of fused-ring (bicyclic) bond motifs is 1. The van der Waals surface area contributed by atoms with Crippen molar-refractivity contribution in [3.8, 4) is 0 Å². The third-order valence-corrected chi connectivity index (χ3v) is 3.12.